The van der Waals surface area contributed by atoms with E-state index in [1.54, 1.807) is 23.1 Å². The van der Waals surface area contributed by atoms with Crippen LogP contribution in [0.4, 0.5) is 5.69 Å². The summed E-state index contributed by atoms with van der Waals surface area (Å²) in [6, 6.07) is 8.73. The van der Waals surface area contributed by atoms with Crippen molar-refractivity contribution in [2.75, 3.05) is 18.4 Å². The normalized spacial score (nSPS) is 22.0. The summed E-state index contributed by atoms with van der Waals surface area (Å²) in [6.45, 7) is 7.34. The SMILES string of the molecule is CC(C)(C)c1cc(C(=O)N2CCC([C@H]3Nc4ccccc4S(=O)(=O)N3)CC2)n[nH]1. The zero-order chi connectivity index (χ0) is 20.8. The van der Waals surface area contributed by atoms with Gasteiger partial charge in [-0.05, 0) is 37.0 Å². The summed E-state index contributed by atoms with van der Waals surface area (Å²) in [6.07, 6.45) is 1.06. The summed E-state index contributed by atoms with van der Waals surface area (Å²) < 4.78 is 27.8. The van der Waals surface area contributed by atoms with Crippen LogP contribution in [0.5, 0.6) is 0 Å². The number of rotatable bonds is 2. The van der Waals surface area contributed by atoms with Crippen LogP contribution in [0.25, 0.3) is 0 Å². The zero-order valence-corrected chi connectivity index (χ0v) is 17.7. The van der Waals surface area contributed by atoms with Crippen LogP contribution in [0.3, 0.4) is 0 Å². The monoisotopic (exact) mass is 417 g/mol. The van der Waals surface area contributed by atoms with Crippen molar-refractivity contribution in [1.29, 1.82) is 0 Å². The van der Waals surface area contributed by atoms with Crippen LogP contribution in [0.1, 0.15) is 49.8 Å². The third-order valence-electron chi connectivity index (χ3n) is 5.67. The molecule has 2 aliphatic heterocycles. The number of H-pyrrole nitrogens is 1. The van der Waals surface area contributed by atoms with E-state index < -0.39 is 10.0 Å². The molecule has 1 aromatic carbocycles. The standard InChI is InChI=1S/C20H27N5O3S/c1-20(2,3)17-12-15(22-23-17)19(26)25-10-8-13(9-11-25)18-21-14-6-4-5-7-16(14)29(27,28)24-18/h4-7,12-13,18,21,24H,8-11H2,1-3H3,(H,22,23)/t18-/m0/s1. The lowest BCUT2D eigenvalue weighted by molar-refractivity contribution is 0.0673. The van der Waals surface area contributed by atoms with Gasteiger partial charge < -0.3 is 10.2 Å². The number of aromatic nitrogens is 2. The van der Waals surface area contributed by atoms with Crippen LogP contribution in [0.15, 0.2) is 35.2 Å². The largest absolute Gasteiger partial charge is 0.368 e. The molecule has 9 heteroatoms. The number of para-hydroxylation sites is 1. The lowest BCUT2D eigenvalue weighted by Crippen LogP contribution is -2.52. The number of carbonyl (C=O) groups is 1. The molecule has 0 spiro atoms. The highest BCUT2D eigenvalue weighted by Crippen LogP contribution is 2.31. The molecule has 4 rings (SSSR count). The van der Waals surface area contributed by atoms with Crippen molar-refractivity contribution in [3.8, 4) is 0 Å². The molecule has 156 valence electrons. The minimum atomic E-state index is -3.53. The number of anilines is 1. The Balaban J connectivity index is 1.41. The van der Waals surface area contributed by atoms with E-state index in [2.05, 4.69) is 41.0 Å². The number of aromatic amines is 1. The van der Waals surface area contributed by atoms with Gasteiger partial charge in [0.15, 0.2) is 0 Å². The van der Waals surface area contributed by atoms with Gasteiger partial charge in [0.1, 0.15) is 10.6 Å². The van der Waals surface area contributed by atoms with Crippen LogP contribution >= 0.6 is 0 Å². The highest BCUT2D eigenvalue weighted by atomic mass is 32.2. The Labute approximate surface area is 171 Å². The molecule has 1 aromatic heterocycles. The molecule has 0 unspecified atom stereocenters. The first-order valence-corrected chi connectivity index (χ1v) is 11.4. The second kappa shape index (κ2) is 7.14. The average molecular weight is 418 g/mol. The fraction of sp³-hybridized carbons (Fsp3) is 0.500. The van der Waals surface area contributed by atoms with Crippen molar-refractivity contribution in [2.45, 2.75) is 50.1 Å². The molecule has 8 nitrogen and oxygen atoms in total. The lowest BCUT2D eigenvalue weighted by Gasteiger charge is -2.38. The molecular weight excluding hydrogens is 390 g/mol. The Morgan fingerprint density at radius 1 is 1.17 bits per heavy atom. The smallest absolute Gasteiger partial charge is 0.274 e. The minimum Gasteiger partial charge on any atom is -0.368 e. The van der Waals surface area contributed by atoms with Gasteiger partial charge in [0.05, 0.1) is 11.9 Å². The fourth-order valence-corrected chi connectivity index (χ4v) is 5.26. The third-order valence-corrected chi connectivity index (χ3v) is 7.17. The van der Waals surface area contributed by atoms with Crippen LogP contribution in [0.2, 0.25) is 0 Å². The molecule has 3 N–H and O–H groups in total. The van der Waals surface area contributed by atoms with Crippen molar-refractivity contribution in [1.82, 2.24) is 19.8 Å². The first kappa shape index (κ1) is 19.9. The summed E-state index contributed by atoms with van der Waals surface area (Å²) in [5, 5.41) is 10.5. The van der Waals surface area contributed by atoms with Crippen molar-refractivity contribution in [3.63, 3.8) is 0 Å². The Morgan fingerprint density at radius 3 is 2.52 bits per heavy atom. The lowest BCUT2D eigenvalue weighted by atomic mass is 9.92. The first-order valence-electron chi connectivity index (χ1n) is 9.88. The van der Waals surface area contributed by atoms with Gasteiger partial charge in [-0.2, -0.15) is 9.82 Å². The van der Waals surface area contributed by atoms with Crippen molar-refractivity contribution >= 4 is 21.6 Å². The number of hydrogen-bond donors (Lipinski definition) is 3. The molecule has 1 fully saturated rings. The Hall–Kier alpha value is -2.39. The highest BCUT2D eigenvalue weighted by molar-refractivity contribution is 7.89. The van der Waals surface area contributed by atoms with Gasteiger partial charge in [0.25, 0.3) is 5.91 Å². The molecule has 0 saturated carbocycles. The Bertz CT molecular complexity index is 1020. The zero-order valence-electron chi connectivity index (χ0n) is 16.9. The van der Waals surface area contributed by atoms with Gasteiger partial charge in [-0.1, -0.05) is 32.9 Å². The van der Waals surface area contributed by atoms with Gasteiger partial charge in [-0.15, -0.1) is 0 Å². The second-order valence-electron chi connectivity index (χ2n) is 8.79. The average Bonchev–Trinajstić information content (AvgIpc) is 3.18. The van der Waals surface area contributed by atoms with Gasteiger partial charge in [-0.25, -0.2) is 8.42 Å². The Kier molecular flexibility index (Phi) is 4.90. The van der Waals surface area contributed by atoms with Crippen LogP contribution < -0.4 is 10.0 Å². The third kappa shape index (κ3) is 3.89. The van der Waals surface area contributed by atoms with Crippen LogP contribution in [0, 0.1) is 5.92 Å². The van der Waals surface area contributed by atoms with E-state index in [0.717, 1.165) is 5.69 Å². The number of carbonyl (C=O) groups excluding carboxylic acids is 1. The molecule has 29 heavy (non-hydrogen) atoms. The predicted octanol–water partition coefficient (Wildman–Crippen LogP) is 2.29. The maximum atomic E-state index is 12.8. The molecular formula is C20H27N5O3S. The summed E-state index contributed by atoms with van der Waals surface area (Å²) >= 11 is 0. The Morgan fingerprint density at radius 2 is 1.86 bits per heavy atom. The quantitative estimate of drug-likeness (QED) is 0.695. The predicted molar refractivity (Wildman–Crippen MR) is 110 cm³/mol. The van der Waals surface area contributed by atoms with Crippen molar-refractivity contribution < 1.29 is 13.2 Å². The maximum absolute atomic E-state index is 12.8. The molecule has 1 saturated heterocycles. The first-order chi connectivity index (χ1) is 13.6. The van der Waals surface area contributed by atoms with Crippen molar-refractivity contribution in [2.24, 2.45) is 5.92 Å². The van der Waals surface area contributed by atoms with E-state index in [0.29, 0.717) is 37.3 Å². The number of nitrogens with one attached hydrogen (secondary N) is 3. The second-order valence-corrected chi connectivity index (χ2v) is 10.5. The number of benzene rings is 1. The topological polar surface area (TPSA) is 107 Å². The van der Waals surface area contributed by atoms with E-state index >= 15 is 0 Å². The van der Waals surface area contributed by atoms with Gasteiger partial charge in [0.2, 0.25) is 10.0 Å². The summed E-state index contributed by atoms with van der Waals surface area (Å²) in [7, 11) is -3.53. The number of hydrogen-bond acceptors (Lipinski definition) is 5. The summed E-state index contributed by atoms with van der Waals surface area (Å²) in [5.74, 6) is 0.0178. The van der Waals surface area contributed by atoms with Crippen molar-refractivity contribution in [3.05, 3.63) is 41.7 Å². The molecule has 0 radical (unpaired) electrons. The van der Waals surface area contributed by atoms with E-state index in [1.165, 1.54) is 0 Å². The van der Waals surface area contributed by atoms with Crippen LogP contribution in [-0.4, -0.2) is 48.7 Å². The summed E-state index contributed by atoms with van der Waals surface area (Å²) in [5.41, 5.74) is 1.88. The van der Waals surface area contributed by atoms with Gasteiger partial charge in [-0.3, -0.25) is 9.89 Å². The molecule has 3 heterocycles. The molecule has 2 aliphatic rings. The highest BCUT2D eigenvalue weighted by Gasteiger charge is 2.36. The van der Waals surface area contributed by atoms with E-state index in [-0.39, 0.29) is 28.3 Å². The van der Waals surface area contributed by atoms with E-state index in [1.807, 2.05) is 12.1 Å². The maximum Gasteiger partial charge on any atom is 0.274 e. The number of amides is 1. The van der Waals surface area contributed by atoms with Crippen LogP contribution in [-0.2, 0) is 15.4 Å². The molecule has 2 aromatic rings. The molecule has 0 aliphatic carbocycles. The molecule has 1 atom stereocenters. The molecule has 0 bridgehead atoms. The number of piperidine rings is 1. The number of sulfonamides is 1. The number of nitrogens with zero attached hydrogens (tertiary/aromatic N) is 2. The van der Waals surface area contributed by atoms with E-state index in [4.69, 9.17) is 0 Å². The fourth-order valence-electron chi connectivity index (χ4n) is 3.88. The molecule has 1 amide bonds. The van der Waals surface area contributed by atoms with E-state index in [9.17, 15) is 13.2 Å². The number of fused-ring (bicyclic) bond motifs is 1. The number of likely N-dealkylation sites (tertiary alicyclic amines) is 1. The summed E-state index contributed by atoms with van der Waals surface area (Å²) in [4.78, 5) is 14.9. The van der Waals surface area contributed by atoms with Gasteiger partial charge in [0, 0.05) is 24.2 Å². The minimum absolute atomic E-state index is 0.0854. The van der Waals surface area contributed by atoms with Gasteiger partial charge >= 0.3 is 0 Å².